The van der Waals surface area contributed by atoms with E-state index >= 15 is 0 Å². The number of hydrogen-bond acceptors (Lipinski definition) is 5. The van der Waals surface area contributed by atoms with Crippen LogP contribution in [0.3, 0.4) is 0 Å². The van der Waals surface area contributed by atoms with E-state index < -0.39 is 12.0 Å². The van der Waals surface area contributed by atoms with Crippen LogP contribution in [0.5, 0.6) is 5.75 Å². The lowest BCUT2D eigenvalue weighted by Gasteiger charge is -2.21. The summed E-state index contributed by atoms with van der Waals surface area (Å²) >= 11 is 3.09. The minimum absolute atomic E-state index is 0. The predicted octanol–water partition coefficient (Wildman–Crippen LogP) is 6.06. The van der Waals surface area contributed by atoms with Gasteiger partial charge < -0.3 is 9.84 Å². The number of hydrogen-bond donors (Lipinski definition) is 1. The summed E-state index contributed by atoms with van der Waals surface area (Å²) in [5.74, 6) is -0.320. The van der Waals surface area contributed by atoms with Crippen LogP contribution in [0.4, 0.5) is 4.39 Å². The average Bonchev–Trinajstić information content (AvgIpc) is 3.41. The summed E-state index contributed by atoms with van der Waals surface area (Å²) in [6, 6.07) is 14.2. The Labute approximate surface area is 195 Å². The maximum Gasteiger partial charge on any atom is 0.320 e. The van der Waals surface area contributed by atoms with Crippen molar-refractivity contribution in [3.05, 3.63) is 65.1 Å². The number of carboxylic acid groups (broad SMARTS) is 1. The second kappa shape index (κ2) is 11.0. The zero-order chi connectivity index (χ0) is 20.9. The maximum absolute atomic E-state index is 13.6. The highest BCUT2D eigenvalue weighted by Crippen LogP contribution is 2.38. The number of carbonyl (C=O) groups is 1. The fourth-order valence-corrected chi connectivity index (χ4v) is 5.21. The first-order valence-electron chi connectivity index (χ1n) is 9.80. The van der Waals surface area contributed by atoms with Gasteiger partial charge in [0.25, 0.3) is 0 Å². The van der Waals surface area contributed by atoms with E-state index in [2.05, 4.69) is 11.4 Å². The summed E-state index contributed by atoms with van der Waals surface area (Å²) < 4.78 is 19.7. The molecule has 2 aromatic carbocycles. The fourth-order valence-electron chi connectivity index (χ4n) is 3.62. The highest BCUT2D eigenvalue weighted by atomic mass is 35.5. The minimum atomic E-state index is -0.769. The molecule has 0 saturated carbocycles. The van der Waals surface area contributed by atoms with Crippen LogP contribution in [-0.4, -0.2) is 41.7 Å². The molecular formula is C23H23ClFNO3S2. The molecule has 0 aliphatic carbocycles. The van der Waals surface area contributed by atoms with Crippen LogP contribution in [0, 0.1) is 5.82 Å². The Balaban J connectivity index is 0.00000272. The molecule has 2 heterocycles. The number of halogens is 2. The van der Waals surface area contributed by atoms with E-state index in [4.69, 9.17) is 4.74 Å². The molecule has 8 heteroatoms. The normalized spacial score (nSPS) is 16.1. The van der Waals surface area contributed by atoms with Crippen molar-refractivity contribution < 1.29 is 19.0 Å². The lowest BCUT2D eigenvalue weighted by Crippen LogP contribution is -2.38. The second-order valence-electron chi connectivity index (χ2n) is 7.11. The largest absolute Gasteiger partial charge is 0.491 e. The molecule has 31 heavy (non-hydrogen) atoms. The van der Waals surface area contributed by atoms with Crippen molar-refractivity contribution in [3.63, 3.8) is 0 Å². The van der Waals surface area contributed by atoms with Crippen molar-refractivity contribution in [2.24, 2.45) is 0 Å². The monoisotopic (exact) mass is 479 g/mol. The van der Waals surface area contributed by atoms with E-state index in [1.54, 1.807) is 17.4 Å². The highest BCUT2D eigenvalue weighted by molar-refractivity contribution is 7.99. The third kappa shape index (κ3) is 6.01. The van der Waals surface area contributed by atoms with Gasteiger partial charge in [-0.15, -0.1) is 12.4 Å². The molecule has 1 saturated heterocycles. The second-order valence-corrected chi connectivity index (χ2v) is 9.01. The first-order valence-corrected chi connectivity index (χ1v) is 11.6. The summed E-state index contributed by atoms with van der Waals surface area (Å²) in [6.07, 6.45) is 1.58. The third-order valence-corrected chi connectivity index (χ3v) is 6.84. The lowest BCUT2D eigenvalue weighted by molar-refractivity contribution is -0.142. The zero-order valence-electron chi connectivity index (χ0n) is 16.7. The molecule has 3 aromatic rings. The standard InChI is InChI=1S/C23H22FNO3S2.ClH/c24-18-3-1-4-19(14-18)30-22-7-6-16(17-8-12-29-15-17)13-21(22)28-11-10-25-9-2-5-20(25)23(26)27;/h1,3-4,6-8,12-15,20H,2,5,9-11H2,(H,26,27);1H. The average molecular weight is 480 g/mol. The molecule has 1 N–H and O–H groups in total. The number of nitrogens with zero attached hydrogens (tertiary/aromatic N) is 1. The van der Waals surface area contributed by atoms with E-state index in [9.17, 15) is 14.3 Å². The van der Waals surface area contributed by atoms with Crippen molar-refractivity contribution in [2.75, 3.05) is 19.7 Å². The van der Waals surface area contributed by atoms with Crippen molar-refractivity contribution in [1.82, 2.24) is 4.90 Å². The summed E-state index contributed by atoms with van der Waals surface area (Å²) in [4.78, 5) is 15.1. The van der Waals surface area contributed by atoms with E-state index in [-0.39, 0.29) is 18.2 Å². The Hall–Kier alpha value is -2.06. The number of aliphatic carboxylic acids is 1. The van der Waals surface area contributed by atoms with Gasteiger partial charge in [-0.3, -0.25) is 9.69 Å². The van der Waals surface area contributed by atoms with Crippen molar-refractivity contribution in [2.45, 2.75) is 28.7 Å². The van der Waals surface area contributed by atoms with Crippen LogP contribution >= 0.6 is 35.5 Å². The smallest absolute Gasteiger partial charge is 0.320 e. The molecule has 1 aliphatic rings. The Morgan fingerprint density at radius 1 is 1.23 bits per heavy atom. The summed E-state index contributed by atoms with van der Waals surface area (Å²) in [5.41, 5.74) is 2.18. The third-order valence-electron chi connectivity index (χ3n) is 5.11. The van der Waals surface area contributed by atoms with Gasteiger partial charge in [0, 0.05) is 11.4 Å². The fraction of sp³-hybridized carbons (Fsp3) is 0.261. The van der Waals surface area contributed by atoms with Gasteiger partial charge in [0.2, 0.25) is 0 Å². The van der Waals surface area contributed by atoms with E-state index in [1.807, 2.05) is 34.5 Å². The SMILES string of the molecule is Cl.O=C(O)C1CCCN1CCOc1cc(-c2ccsc2)ccc1Sc1cccc(F)c1. The summed E-state index contributed by atoms with van der Waals surface area (Å²) in [5, 5.41) is 13.5. The van der Waals surface area contributed by atoms with Crippen LogP contribution in [0.2, 0.25) is 0 Å². The molecule has 0 bridgehead atoms. The van der Waals surface area contributed by atoms with E-state index in [1.165, 1.54) is 23.9 Å². The quantitative estimate of drug-likeness (QED) is 0.426. The molecule has 164 valence electrons. The number of benzene rings is 2. The molecule has 4 nitrogen and oxygen atoms in total. The van der Waals surface area contributed by atoms with Gasteiger partial charge >= 0.3 is 5.97 Å². The molecule has 1 atom stereocenters. The Kier molecular flexibility index (Phi) is 8.37. The van der Waals surface area contributed by atoms with E-state index in [0.717, 1.165) is 39.6 Å². The van der Waals surface area contributed by atoms with Crippen molar-refractivity contribution >= 4 is 41.5 Å². The van der Waals surface area contributed by atoms with Crippen LogP contribution < -0.4 is 4.74 Å². The van der Waals surface area contributed by atoms with Crippen molar-refractivity contribution in [1.29, 1.82) is 0 Å². The Bertz CT molecular complexity index is 1020. The molecule has 0 radical (unpaired) electrons. The van der Waals surface area contributed by atoms with Crippen LogP contribution in [0.25, 0.3) is 11.1 Å². The molecule has 1 unspecified atom stereocenters. The number of carboxylic acids is 1. The molecule has 1 aromatic heterocycles. The maximum atomic E-state index is 13.6. The molecule has 4 rings (SSSR count). The van der Waals surface area contributed by atoms with E-state index in [0.29, 0.717) is 19.6 Å². The van der Waals surface area contributed by atoms with Gasteiger partial charge in [-0.25, -0.2) is 4.39 Å². The predicted molar refractivity (Wildman–Crippen MR) is 125 cm³/mol. The lowest BCUT2D eigenvalue weighted by atomic mass is 10.1. The molecule has 0 spiro atoms. The highest BCUT2D eigenvalue weighted by Gasteiger charge is 2.30. The van der Waals surface area contributed by atoms with Crippen LogP contribution in [0.1, 0.15) is 12.8 Å². The van der Waals surface area contributed by atoms with Gasteiger partial charge in [-0.05, 0) is 77.7 Å². The topological polar surface area (TPSA) is 49.8 Å². The first kappa shape index (κ1) is 23.6. The van der Waals surface area contributed by atoms with Crippen LogP contribution in [-0.2, 0) is 4.79 Å². The number of likely N-dealkylation sites (tertiary alicyclic amines) is 1. The zero-order valence-corrected chi connectivity index (χ0v) is 19.1. The van der Waals surface area contributed by atoms with Crippen LogP contribution in [0.15, 0.2) is 69.1 Å². The molecule has 1 aliphatic heterocycles. The van der Waals surface area contributed by atoms with Gasteiger partial charge in [0.1, 0.15) is 24.2 Å². The molecular weight excluding hydrogens is 457 g/mol. The number of rotatable bonds is 8. The molecule has 1 fully saturated rings. The summed E-state index contributed by atoms with van der Waals surface area (Å²) in [6.45, 7) is 1.73. The van der Waals surface area contributed by atoms with Gasteiger partial charge in [-0.1, -0.05) is 23.9 Å². The Morgan fingerprint density at radius 2 is 2.10 bits per heavy atom. The van der Waals surface area contributed by atoms with Crippen molar-refractivity contribution in [3.8, 4) is 16.9 Å². The van der Waals surface area contributed by atoms with Gasteiger partial charge in [0.05, 0.1) is 4.90 Å². The minimum Gasteiger partial charge on any atom is -0.491 e. The summed E-state index contributed by atoms with van der Waals surface area (Å²) in [7, 11) is 0. The van der Waals surface area contributed by atoms with Gasteiger partial charge in [0.15, 0.2) is 0 Å². The first-order chi connectivity index (χ1) is 14.6. The number of ether oxygens (including phenoxy) is 1. The number of thiophene rings is 1. The van der Waals surface area contributed by atoms with Gasteiger partial charge in [-0.2, -0.15) is 11.3 Å². The Morgan fingerprint density at radius 3 is 2.84 bits per heavy atom. The molecule has 0 amide bonds.